The number of hydrogen-bond donors (Lipinski definition) is 1. The third-order valence-corrected chi connectivity index (χ3v) is 3.91. The lowest BCUT2D eigenvalue weighted by Crippen LogP contribution is -2.24. The highest BCUT2D eigenvalue weighted by molar-refractivity contribution is 5.93. The van der Waals surface area contributed by atoms with E-state index >= 15 is 0 Å². The summed E-state index contributed by atoms with van der Waals surface area (Å²) in [5.41, 5.74) is 2.27. The van der Waals surface area contributed by atoms with Crippen LogP contribution >= 0.6 is 0 Å². The van der Waals surface area contributed by atoms with Gasteiger partial charge in [0.05, 0.1) is 11.4 Å². The molecule has 0 saturated carbocycles. The molecule has 0 saturated heterocycles. The molecule has 0 radical (unpaired) electrons. The molecule has 5 nitrogen and oxygen atoms in total. The summed E-state index contributed by atoms with van der Waals surface area (Å²) < 4.78 is 28.5. The third kappa shape index (κ3) is 3.40. The Bertz CT molecular complexity index is 937. The fourth-order valence-electron chi connectivity index (χ4n) is 2.48. The van der Waals surface area contributed by atoms with Gasteiger partial charge < -0.3 is 5.32 Å². The fraction of sp³-hybridized carbons (Fsp3) is 0.167. The fourth-order valence-corrected chi connectivity index (χ4v) is 2.48. The molecule has 1 N–H and O–H groups in total. The second kappa shape index (κ2) is 6.80. The zero-order valence-electron chi connectivity index (χ0n) is 13.8. The Morgan fingerprint density at radius 3 is 2.68 bits per heavy atom. The molecule has 0 aliphatic carbocycles. The van der Waals surface area contributed by atoms with Gasteiger partial charge in [0.2, 0.25) is 0 Å². The molecule has 7 heteroatoms. The molecular weight excluding hydrogens is 326 g/mol. The van der Waals surface area contributed by atoms with Crippen LogP contribution in [-0.4, -0.2) is 20.9 Å². The summed E-state index contributed by atoms with van der Waals surface area (Å²) in [6, 6.07) is 10.5. The molecule has 0 atom stereocenters. The Balaban J connectivity index is 1.82. The van der Waals surface area contributed by atoms with E-state index in [2.05, 4.69) is 15.6 Å². The van der Waals surface area contributed by atoms with Crippen LogP contribution in [0.1, 0.15) is 27.3 Å². The van der Waals surface area contributed by atoms with Crippen molar-refractivity contribution in [3.05, 3.63) is 76.6 Å². The topological polar surface area (TPSA) is 59.8 Å². The van der Waals surface area contributed by atoms with Crippen LogP contribution in [0.3, 0.4) is 0 Å². The first kappa shape index (κ1) is 16.8. The number of halogens is 2. The maximum absolute atomic E-state index is 13.6. The average Bonchev–Trinajstić information content (AvgIpc) is 2.97. The summed E-state index contributed by atoms with van der Waals surface area (Å²) in [7, 11) is 0. The third-order valence-electron chi connectivity index (χ3n) is 3.91. The van der Waals surface area contributed by atoms with E-state index in [9.17, 15) is 13.6 Å². The molecule has 0 aliphatic rings. The second-order valence-corrected chi connectivity index (χ2v) is 5.64. The smallest absolute Gasteiger partial charge is 0.274 e. The van der Waals surface area contributed by atoms with Crippen LogP contribution in [0.4, 0.5) is 8.78 Å². The van der Waals surface area contributed by atoms with Gasteiger partial charge in [-0.15, -0.1) is 5.10 Å². The number of carbonyl (C=O) groups excluding carboxylic acids is 1. The lowest BCUT2D eigenvalue weighted by Gasteiger charge is -2.08. The minimum absolute atomic E-state index is 0.0385. The van der Waals surface area contributed by atoms with Crippen molar-refractivity contribution < 1.29 is 13.6 Å². The van der Waals surface area contributed by atoms with Crippen molar-refractivity contribution in [3.8, 4) is 5.69 Å². The van der Waals surface area contributed by atoms with E-state index in [1.54, 1.807) is 31.2 Å². The van der Waals surface area contributed by atoms with E-state index < -0.39 is 17.5 Å². The molecule has 0 bridgehead atoms. The Hall–Kier alpha value is -3.09. The van der Waals surface area contributed by atoms with Crippen LogP contribution < -0.4 is 5.32 Å². The summed E-state index contributed by atoms with van der Waals surface area (Å²) >= 11 is 0. The van der Waals surface area contributed by atoms with E-state index in [1.807, 2.05) is 6.92 Å². The Labute approximate surface area is 143 Å². The molecule has 25 heavy (non-hydrogen) atoms. The molecule has 3 rings (SSSR count). The summed E-state index contributed by atoms with van der Waals surface area (Å²) in [6.45, 7) is 3.52. The van der Waals surface area contributed by atoms with Gasteiger partial charge in [-0.3, -0.25) is 4.79 Å². The van der Waals surface area contributed by atoms with Gasteiger partial charge in [0, 0.05) is 12.1 Å². The first-order chi connectivity index (χ1) is 12.0. The molecule has 0 unspecified atom stereocenters. The molecule has 1 aromatic heterocycles. The minimum Gasteiger partial charge on any atom is -0.346 e. The predicted octanol–water partition coefficient (Wildman–Crippen LogP) is 3.09. The lowest BCUT2D eigenvalue weighted by molar-refractivity contribution is 0.0945. The zero-order valence-corrected chi connectivity index (χ0v) is 13.8. The minimum atomic E-state index is -0.471. The Morgan fingerprint density at radius 1 is 1.16 bits per heavy atom. The highest BCUT2D eigenvalue weighted by Gasteiger charge is 2.18. The molecule has 0 spiro atoms. The number of aryl methyl sites for hydroxylation is 1. The van der Waals surface area contributed by atoms with Crippen LogP contribution in [-0.2, 0) is 6.54 Å². The summed E-state index contributed by atoms with van der Waals surface area (Å²) in [5.74, 6) is -1.26. The van der Waals surface area contributed by atoms with Crippen LogP contribution in [0.25, 0.3) is 5.69 Å². The SMILES string of the molecule is Cc1ccc(F)cc1-n1nnc(C(=O)NCc2ccccc2F)c1C. The number of nitrogens with one attached hydrogen (secondary N) is 1. The number of rotatable bonds is 4. The van der Waals surface area contributed by atoms with Gasteiger partial charge in [0.25, 0.3) is 5.91 Å². The van der Waals surface area contributed by atoms with Gasteiger partial charge in [0.1, 0.15) is 11.6 Å². The predicted molar refractivity (Wildman–Crippen MR) is 88.4 cm³/mol. The molecule has 2 aromatic carbocycles. The van der Waals surface area contributed by atoms with Crippen molar-refractivity contribution in [3.63, 3.8) is 0 Å². The number of benzene rings is 2. The molecule has 1 amide bonds. The van der Waals surface area contributed by atoms with Crippen molar-refractivity contribution in [1.82, 2.24) is 20.3 Å². The molecule has 1 heterocycles. The van der Waals surface area contributed by atoms with E-state index in [1.165, 1.54) is 22.9 Å². The van der Waals surface area contributed by atoms with Gasteiger partial charge in [0.15, 0.2) is 5.69 Å². The summed E-state index contributed by atoms with van der Waals surface area (Å²) in [6.07, 6.45) is 0. The van der Waals surface area contributed by atoms with Crippen molar-refractivity contribution >= 4 is 5.91 Å². The standard InChI is InChI=1S/C18H16F2N4O/c1-11-7-8-14(19)9-16(11)24-12(2)17(22-23-24)18(25)21-10-13-5-3-4-6-15(13)20/h3-9H,10H2,1-2H3,(H,21,25). The largest absolute Gasteiger partial charge is 0.346 e. The molecular formula is C18H16F2N4O. The van der Waals surface area contributed by atoms with E-state index in [4.69, 9.17) is 0 Å². The van der Waals surface area contributed by atoms with E-state index in [0.717, 1.165) is 5.56 Å². The maximum atomic E-state index is 13.6. The zero-order chi connectivity index (χ0) is 18.0. The van der Waals surface area contributed by atoms with Crippen molar-refractivity contribution in [1.29, 1.82) is 0 Å². The summed E-state index contributed by atoms with van der Waals surface area (Å²) in [5, 5.41) is 10.4. The van der Waals surface area contributed by atoms with Crippen LogP contribution in [0.5, 0.6) is 0 Å². The van der Waals surface area contributed by atoms with Gasteiger partial charge in [-0.1, -0.05) is 29.5 Å². The average molecular weight is 342 g/mol. The van der Waals surface area contributed by atoms with Crippen LogP contribution in [0.15, 0.2) is 42.5 Å². The number of nitrogens with zero attached hydrogens (tertiary/aromatic N) is 3. The second-order valence-electron chi connectivity index (χ2n) is 5.64. The normalized spacial score (nSPS) is 10.7. The Kier molecular flexibility index (Phi) is 4.56. The molecule has 0 aliphatic heterocycles. The molecule has 3 aromatic rings. The Morgan fingerprint density at radius 2 is 1.92 bits per heavy atom. The maximum Gasteiger partial charge on any atom is 0.274 e. The number of aromatic nitrogens is 3. The quantitative estimate of drug-likeness (QED) is 0.793. The highest BCUT2D eigenvalue weighted by atomic mass is 19.1. The first-order valence-corrected chi connectivity index (χ1v) is 7.68. The van der Waals surface area contributed by atoms with E-state index in [-0.39, 0.29) is 12.2 Å². The lowest BCUT2D eigenvalue weighted by atomic mass is 10.2. The van der Waals surface area contributed by atoms with Crippen molar-refractivity contribution in [2.45, 2.75) is 20.4 Å². The van der Waals surface area contributed by atoms with Crippen LogP contribution in [0.2, 0.25) is 0 Å². The van der Waals surface area contributed by atoms with Crippen molar-refractivity contribution in [2.75, 3.05) is 0 Å². The van der Waals surface area contributed by atoms with Gasteiger partial charge in [-0.2, -0.15) is 0 Å². The molecule has 128 valence electrons. The number of carbonyl (C=O) groups is 1. The van der Waals surface area contributed by atoms with Gasteiger partial charge >= 0.3 is 0 Å². The number of amides is 1. The molecule has 0 fully saturated rings. The number of hydrogen-bond acceptors (Lipinski definition) is 3. The van der Waals surface area contributed by atoms with E-state index in [0.29, 0.717) is 16.9 Å². The highest BCUT2D eigenvalue weighted by Crippen LogP contribution is 2.18. The first-order valence-electron chi connectivity index (χ1n) is 7.68. The van der Waals surface area contributed by atoms with Gasteiger partial charge in [-0.25, -0.2) is 13.5 Å². The monoisotopic (exact) mass is 342 g/mol. The summed E-state index contributed by atoms with van der Waals surface area (Å²) in [4.78, 5) is 12.3. The van der Waals surface area contributed by atoms with Crippen LogP contribution in [0, 0.1) is 25.5 Å². The van der Waals surface area contributed by atoms with Gasteiger partial charge in [-0.05, 0) is 37.6 Å². The van der Waals surface area contributed by atoms with Crippen molar-refractivity contribution in [2.24, 2.45) is 0 Å².